The number of fused-ring (bicyclic) bond motifs is 1. The van der Waals surface area contributed by atoms with Gasteiger partial charge in [0.2, 0.25) is 0 Å². The molecule has 0 bridgehead atoms. The summed E-state index contributed by atoms with van der Waals surface area (Å²) in [5, 5.41) is 1.42. The molecule has 1 aromatic heterocycles. The zero-order chi connectivity index (χ0) is 14.3. The summed E-state index contributed by atoms with van der Waals surface area (Å²) in [4.78, 5) is 1.51. The van der Waals surface area contributed by atoms with Gasteiger partial charge < -0.3 is 0 Å². The van der Waals surface area contributed by atoms with E-state index in [2.05, 4.69) is 65.8 Å². The van der Waals surface area contributed by atoms with Crippen molar-refractivity contribution in [3.05, 3.63) is 34.7 Å². The molecule has 104 valence electrons. The monoisotopic (exact) mass is 274 g/mol. The zero-order valence-corrected chi connectivity index (χ0v) is 13.9. The molecular weight excluding hydrogens is 248 g/mol. The Balaban J connectivity index is 2.28. The highest BCUT2D eigenvalue weighted by molar-refractivity contribution is 7.19. The van der Waals surface area contributed by atoms with Crippen LogP contribution in [0, 0.1) is 10.8 Å². The maximum atomic E-state index is 2.39. The highest BCUT2D eigenvalue weighted by Crippen LogP contribution is 2.32. The van der Waals surface area contributed by atoms with E-state index in [4.69, 9.17) is 0 Å². The van der Waals surface area contributed by atoms with Crippen LogP contribution in [0.15, 0.2) is 24.3 Å². The van der Waals surface area contributed by atoms with Crippen LogP contribution in [0.4, 0.5) is 0 Å². The Hall–Kier alpha value is -0.820. The first kappa shape index (κ1) is 14.6. The van der Waals surface area contributed by atoms with Crippen molar-refractivity contribution in [2.24, 2.45) is 10.8 Å². The van der Waals surface area contributed by atoms with Crippen LogP contribution in [0.2, 0.25) is 0 Å². The number of hydrogen-bond donors (Lipinski definition) is 0. The van der Waals surface area contributed by atoms with Gasteiger partial charge in [0, 0.05) is 9.58 Å². The van der Waals surface area contributed by atoms with Gasteiger partial charge in [0.1, 0.15) is 0 Å². The van der Waals surface area contributed by atoms with Crippen LogP contribution in [-0.2, 0) is 12.8 Å². The lowest BCUT2D eigenvalue weighted by Crippen LogP contribution is -2.08. The Kier molecular flexibility index (Phi) is 3.79. The van der Waals surface area contributed by atoms with Crippen LogP contribution >= 0.6 is 11.3 Å². The van der Waals surface area contributed by atoms with Crippen LogP contribution in [0.1, 0.15) is 52.0 Å². The molecule has 2 rings (SSSR count). The van der Waals surface area contributed by atoms with Crippen molar-refractivity contribution >= 4 is 21.4 Å². The molecule has 1 aromatic carbocycles. The van der Waals surface area contributed by atoms with Gasteiger partial charge >= 0.3 is 0 Å². The minimum Gasteiger partial charge on any atom is -0.140 e. The standard InChI is InChI=1S/C18H26S/c1-17(2,3)11-13-7-8-16-14(9-13)10-15(19-16)12-18(4,5)6/h7-10H,11-12H2,1-6H3. The quantitative estimate of drug-likeness (QED) is 0.622. The molecule has 0 unspecified atom stereocenters. The molecule has 0 aliphatic rings. The Bertz CT molecular complexity index is 547. The van der Waals surface area contributed by atoms with Gasteiger partial charge in [0.05, 0.1) is 0 Å². The van der Waals surface area contributed by atoms with Gasteiger partial charge in [-0.25, -0.2) is 0 Å². The average Bonchev–Trinajstić information content (AvgIpc) is 2.53. The summed E-state index contributed by atoms with van der Waals surface area (Å²) in [6.07, 6.45) is 2.31. The topological polar surface area (TPSA) is 0 Å². The van der Waals surface area contributed by atoms with Gasteiger partial charge in [-0.2, -0.15) is 0 Å². The van der Waals surface area contributed by atoms with E-state index in [-0.39, 0.29) is 0 Å². The molecule has 0 spiro atoms. The fourth-order valence-electron chi connectivity index (χ4n) is 2.48. The lowest BCUT2D eigenvalue weighted by atomic mass is 9.88. The lowest BCUT2D eigenvalue weighted by molar-refractivity contribution is 0.411. The van der Waals surface area contributed by atoms with E-state index in [0.717, 1.165) is 6.42 Å². The summed E-state index contributed by atoms with van der Waals surface area (Å²) in [6, 6.07) is 9.36. The summed E-state index contributed by atoms with van der Waals surface area (Å²) in [5.41, 5.74) is 2.19. The summed E-state index contributed by atoms with van der Waals surface area (Å²) in [5.74, 6) is 0. The van der Waals surface area contributed by atoms with Gasteiger partial charge in [0.25, 0.3) is 0 Å². The van der Waals surface area contributed by atoms with Crippen LogP contribution in [0.5, 0.6) is 0 Å². The van der Waals surface area contributed by atoms with Gasteiger partial charge in [-0.3, -0.25) is 0 Å². The third-order valence-corrected chi connectivity index (χ3v) is 4.19. The zero-order valence-electron chi connectivity index (χ0n) is 13.1. The van der Waals surface area contributed by atoms with E-state index in [0.29, 0.717) is 10.8 Å². The highest BCUT2D eigenvalue weighted by Gasteiger charge is 2.15. The molecule has 0 aliphatic carbocycles. The first-order valence-corrected chi connectivity index (χ1v) is 7.95. The van der Waals surface area contributed by atoms with Crippen molar-refractivity contribution in [2.45, 2.75) is 54.4 Å². The van der Waals surface area contributed by atoms with Crippen molar-refractivity contribution < 1.29 is 0 Å². The summed E-state index contributed by atoms with van der Waals surface area (Å²) in [7, 11) is 0. The average molecular weight is 274 g/mol. The molecule has 2 aromatic rings. The van der Waals surface area contributed by atoms with E-state index in [1.807, 2.05) is 11.3 Å². The molecule has 1 heterocycles. The molecule has 0 saturated carbocycles. The second kappa shape index (κ2) is 4.94. The first-order valence-electron chi connectivity index (χ1n) is 7.14. The number of thiophene rings is 1. The third-order valence-electron chi connectivity index (χ3n) is 3.07. The van der Waals surface area contributed by atoms with Crippen molar-refractivity contribution in [2.75, 3.05) is 0 Å². The summed E-state index contributed by atoms with van der Waals surface area (Å²) in [6.45, 7) is 13.8. The van der Waals surface area contributed by atoms with Crippen LogP contribution in [0.3, 0.4) is 0 Å². The van der Waals surface area contributed by atoms with Crippen molar-refractivity contribution in [3.8, 4) is 0 Å². The molecule has 0 saturated heterocycles. The second-order valence-corrected chi connectivity index (χ2v) is 9.23. The Morgan fingerprint density at radius 3 is 2.05 bits per heavy atom. The minimum atomic E-state index is 0.359. The molecule has 0 N–H and O–H groups in total. The fourth-order valence-corrected chi connectivity index (χ4v) is 3.83. The molecular formula is C18H26S. The molecule has 0 radical (unpaired) electrons. The molecule has 0 atom stereocenters. The van der Waals surface area contributed by atoms with Crippen LogP contribution in [-0.4, -0.2) is 0 Å². The normalized spacial score (nSPS) is 13.2. The Morgan fingerprint density at radius 1 is 0.842 bits per heavy atom. The largest absolute Gasteiger partial charge is 0.140 e. The molecule has 19 heavy (non-hydrogen) atoms. The molecule has 0 fully saturated rings. The summed E-state index contributed by atoms with van der Waals surface area (Å²) < 4.78 is 1.43. The number of benzene rings is 1. The molecule has 1 heteroatoms. The van der Waals surface area contributed by atoms with Crippen molar-refractivity contribution in [1.29, 1.82) is 0 Å². The number of hydrogen-bond acceptors (Lipinski definition) is 1. The molecule has 0 aliphatic heterocycles. The minimum absolute atomic E-state index is 0.359. The SMILES string of the molecule is CC(C)(C)Cc1ccc2sc(CC(C)(C)C)cc2c1. The Morgan fingerprint density at radius 2 is 1.47 bits per heavy atom. The van der Waals surface area contributed by atoms with E-state index in [1.165, 1.54) is 26.9 Å². The second-order valence-electron chi connectivity index (χ2n) is 8.06. The van der Waals surface area contributed by atoms with Crippen molar-refractivity contribution in [3.63, 3.8) is 0 Å². The predicted molar refractivity (Wildman–Crippen MR) is 88.1 cm³/mol. The third kappa shape index (κ3) is 4.35. The van der Waals surface area contributed by atoms with Gasteiger partial charge in [-0.1, -0.05) is 53.7 Å². The van der Waals surface area contributed by atoms with Gasteiger partial charge in [-0.15, -0.1) is 11.3 Å². The van der Waals surface area contributed by atoms with Crippen LogP contribution < -0.4 is 0 Å². The van der Waals surface area contributed by atoms with Gasteiger partial charge in [-0.05, 0) is 46.8 Å². The van der Waals surface area contributed by atoms with E-state index in [1.54, 1.807) is 0 Å². The van der Waals surface area contributed by atoms with Crippen LogP contribution in [0.25, 0.3) is 10.1 Å². The maximum absolute atomic E-state index is 2.39. The Labute approximate surface area is 121 Å². The van der Waals surface area contributed by atoms with E-state index in [9.17, 15) is 0 Å². The first-order chi connectivity index (χ1) is 8.62. The summed E-state index contributed by atoms with van der Waals surface area (Å²) >= 11 is 1.95. The van der Waals surface area contributed by atoms with Gasteiger partial charge in [0.15, 0.2) is 0 Å². The molecule has 0 nitrogen and oxygen atoms in total. The molecule has 0 amide bonds. The smallest absolute Gasteiger partial charge is 0.0345 e. The fraction of sp³-hybridized carbons (Fsp3) is 0.556. The predicted octanol–water partition coefficient (Wildman–Crippen LogP) is 6.08. The van der Waals surface area contributed by atoms with E-state index < -0.39 is 0 Å². The number of rotatable bonds is 2. The van der Waals surface area contributed by atoms with Crippen molar-refractivity contribution in [1.82, 2.24) is 0 Å². The van der Waals surface area contributed by atoms with E-state index >= 15 is 0 Å². The lowest BCUT2D eigenvalue weighted by Gasteiger charge is -2.17. The maximum Gasteiger partial charge on any atom is 0.0345 e. The highest BCUT2D eigenvalue weighted by atomic mass is 32.1.